The molecule has 2 heterocycles. The van der Waals surface area contributed by atoms with Crippen LogP contribution in [0.2, 0.25) is 0 Å². The van der Waals surface area contributed by atoms with Crippen LogP contribution in [-0.4, -0.2) is 48.0 Å². The number of para-hydroxylation sites is 1. The van der Waals surface area contributed by atoms with Crippen LogP contribution in [0.1, 0.15) is 34.5 Å². The van der Waals surface area contributed by atoms with Crippen molar-refractivity contribution >= 4 is 22.7 Å². The number of nitrogens with one attached hydrogen (secondary N) is 2. The molecular weight excluding hydrogens is 354 g/mol. The van der Waals surface area contributed by atoms with Gasteiger partial charge in [0.2, 0.25) is 5.91 Å². The Kier molecular flexibility index (Phi) is 4.88. The molecule has 3 aromatic rings. The fourth-order valence-electron chi connectivity index (χ4n) is 3.92. The van der Waals surface area contributed by atoms with Gasteiger partial charge in [0.1, 0.15) is 6.04 Å². The van der Waals surface area contributed by atoms with E-state index in [2.05, 4.69) is 10.3 Å². The number of carbonyl (C=O) groups is 2. The van der Waals surface area contributed by atoms with Gasteiger partial charge < -0.3 is 19.9 Å². The third kappa shape index (κ3) is 2.96. The summed E-state index contributed by atoms with van der Waals surface area (Å²) in [7, 11) is 1.59. The van der Waals surface area contributed by atoms with Crippen LogP contribution in [0.3, 0.4) is 0 Å². The maximum absolute atomic E-state index is 13.2. The zero-order valence-corrected chi connectivity index (χ0v) is 15.9. The molecule has 2 N–H and O–H groups in total. The van der Waals surface area contributed by atoms with Crippen LogP contribution >= 0.6 is 0 Å². The molecule has 6 heteroatoms. The number of amides is 2. The fourth-order valence-corrected chi connectivity index (χ4v) is 3.92. The van der Waals surface area contributed by atoms with Crippen LogP contribution < -0.4 is 5.32 Å². The van der Waals surface area contributed by atoms with E-state index in [1.807, 2.05) is 54.7 Å². The molecule has 0 fully saturated rings. The van der Waals surface area contributed by atoms with Crippen molar-refractivity contribution in [1.29, 1.82) is 0 Å². The molecule has 0 saturated heterocycles. The molecule has 144 valence electrons. The smallest absolute Gasteiger partial charge is 0.255 e. The number of rotatable bonds is 6. The highest BCUT2D eigenvalue weighted by molar-refractivity contribution is 6.03. The van der Waals surface area contributed by atoms with Crippen molar-refractivity contribution in [3.8, 4) is 0 Å². The van der Waals surface area contributed by atoms with E-state index < -0.39 is 6.04 Å². The third-order valence-corrected chi connectivity index (χ3v) is 5.32. The van der Waals surface area contributed by atoms with Crippen LogP contribution in [-0.2, 0) is 9.53 Å². The number of ether oxygens (including phenoxy) is 1. The summed E-state index contributed by atoms with van der Waals surface area (Å²) in [5.74, 6) is -0.316. The number of hydrogen-bond acceptors (Lipinski definition) is 3. The fraction of sp³-hybridized carbons (Fsp3) is 0.273. The standard InChI is InChI=1S/C22H23N3O3/c1-14(21(26)23-11-12-28-2)25-20(16-8-3-4-9-17(16)22(25)27)18-13-24-19-10-6-5-7-15(18)19/h3-10,13-14,20,24H,11-12H2,1-2H3,(H,23,26)/t14-,20-/m0/s1. The second-order valence-electron chi connectivity index (χ2n) is 6.95. The lowest BCUT2D eigenvalue weighted by molar-refractivity contribution is -0.125. The molecule has 0 bridgehead atoms. The summed E-state index contributed by atoms with van der Waals surface area (Å²) in [6, 6.07) is 14.6. The van der Waals surface area contributed by atoms with Crippen LogP contribution in [0.4, 0.5) is 0 Å². The lowest BCUT2D eigenvalue weighted by Gasteiger charge is -2.30. The number of hydrogen-bond donors (Lipinski definition) is 2. The highest BCUT2D eigenvalue weighted by atomic mass is 16.5. The van der Waals surface area contributed by atoms with Crippen molar-refractivity contribution < 1.29 is 14.3 Å². The first-order valence-electron chi connectivity index (χ1n) is 9.37. The van der Waals surface area contributed by atoms with Gasteiger partial charge in [0, 0.05) is 41.9 Å². The zero-order chi connectivity index (χ0) is 19.7. The van der Waals surface area contributed by atoms with Crippen molar-refractivity contribution in [3.63, 3.8) is 0 Å². The second kappa shape index (κ2) is 7.48. The Morgan fingerprint density at radius 3 is 2.75 bits per heavy atom. The monoisotopic (exact) mass is 377 g/mol. The number of carbonyl (C=O) groups excluding carboxylic acids is 2. The van der Waals surface area contributed by atoms with E-state index in [0.29, 0.717) is 18.7 Å². The van der Waals surface area contributed by atoms with Gasteiger partial charge in [-0.1, -0.05) is 36.4 Å². The number of aromatic amines is 1. The Morgan fingerprint density at radius 1 is 1.18 bits per heavy atom. The molecular formula is C22H23N3O3. The van der Waals surface area contributed by atoms with E-state index in [0.717, 1.165) is 22.0 Å². The summed E-state index contributed by atoms with van der Waals surface area (Å²) in [6.45, 7) is 2.61. The Labute approximate surface area is 163 Å². The van der Waals surface area contributed by atoms with Crippen molar-refractivity contribution in [2.75, 3.05) is 20.3 Å². The Hall–Kier alpha value is -3.12. The molecule has 1 aliphatic heterocycles. The van der Waals surface area contributed by atoms with E-state index >= 15 is 0 Å². The summed E-state index contributed by atoms with van der Waals surface area (Å²) in [5.41, 5.74) is 3.57. The van der Waals surface area contributed by atoms with Gasteiger partial charge in [-0.25, -0.2) is 0 Å². The van der Waals surface area contributed by atoms with Crippen molar-refractivity contribution in [3.05, 3.63) is 71.4 Å². The molecule has 28 heavy (non-hydrogen) atoms. The van der Waals surface area contributed by atoms with Crippen LogP contribution in [0, 0.1) is 0 Å². The van der Waals surface area contributed by atoms with E-state index in [1.165, 1.54) is 0 Å². The molecule has 2 amide bonds. The predicted molar refractivity (Wildman–Crippen MR) is 107 cm³/mol. The highest BCUT2D eigenvalue weighted by Crippen LogP contribution is 2.42. The van der Waals surface area contributed by atoms with Crippen LogP contribution in [0.5, 0.6) is 0 Å². The quantitative estimate of drug-likeness (QED) is 0.649. The Balaban J connectivity index is 1.76. The van der Waals surface area contributed by atoms with Gasteiger partial charge in [-0.15, -0.1) is 0 Å². The Morgan fingerprint density at radius 2 is 1.93 bits per heavy atom. The lowest BCUT2D eigenvalue weighted by Crippen LogP contribution is -2.47. The molecule has 0 saturated carbocycles. The number of aromatic nitrogens is 1. The summed E-state index contributed by atoms with van der Waals surface area (Å²) < 4.78 is 5.00. The average molecular weight is 377 g/mol. The van der Waals surface area contributed by atoms with Gasteiger partial charge in [0.25, 0.3) is 5.91 Å². The van der Waals surface area contributed by atoms with Crippen molar-refractivity contribution in [1.82, 2.24) is 15.2 Å². The van der Waals surface area contributed by atoms with Gasteiger partial charge in [-0.2, -0.15) is 0 Å². The first-order chi connectivity index (χ1) is 13.6. The zero-order valence-electron chi connectivity index (χ0n) is 15.9. The molecule has 0 aliphatic carbocycles. The highest BCUT2D eigenvalue weighted by Gasteiger charge is 2.42. The average Bonchev–Trinajstić information content (AvgIpc) is 3.26. The van der Waals surface area contributed by atoms with Crippen molar-refractivity contribution in [2.45, 2.75) is 19.0 Å². The minimum absolute atomic E-state index is 0.125. The molecule has 6 nitrogen and oxygen atoms in total. The molecule has 2 atom stereocenters. The topological polar surface area (TPSA) is 74.4 Å². The van der Waals surface area contributed by atoms with Crippen LogP contribution in [0.15, 0.2) is 54.7 Å². The number of H-pyrrole nitrogens is 1. The SMILES string of the molecule is COCCNC(=O)[C@H](C)N1C(=O)c2ccccc2[C@H]1c1c[nH]c2ccccc12. The van der Waals surface area contributed by atoms with E-state index in [4.69, 9.17) is 4.74 Å². The third-order valence-electron chi connectivity index (χ3n) is 5.32. The van der Waals surface area contributed by atoms with Gasteiger partial charge in [0.15, 0.2) is 0 Å². The largest absolute Gasteiger partial charge is 0.383 e. The molecule has 4 rings (SSSR count). The van der Waals surface area contributed by atoms with E-state index in [1.54, 1.807) is 18.9 Å². The number of fused-ring (bicyclic) bond motifs is 2. The van der Waals surface area contributed by atoms with Gasteiger partial charge in [0.05, 0.1) is 12.6 Å². The maximum atomic E-state index is 13.2. The second-order valence-corrected chi connectivity index (χ2v) is 6.95. The number of nitrogens with zero attached hydrogens (tertiary/aromatic N) is 1. The molecule has 1 aromatic heterocycles. The molecule has 0 unspecified atom stereocenters. The molecule has 0 spiro atoms. The molecule has 2 aromatic carbocycles. The summed E-state index contributed by atoms with van der Waals surface area (Å²) in [5, 5.41) is 3.89. The van der Waals surface area contributed by atoms with Gasteiger partial charge in [-0.05, 0) is 24.6 Å². The van der Waals surface area contributed by atoms with Crippen molar-refractivity contribution in [2.24, 2.45) is 0 Å². The lowest BCUT2D eigenvalue weighted by atomic mass is 9.97. The number of benzene rings is 2. The minimum Gasteiger partial charge on any atom is -0.383 e. The predicted octanol–water partition coefficient (Wildman–Crippen LogP) is 2.86. The summed E-state index contributed by atoms with van der Waals surface area (Å²) in [4.78, 5) is 30.9. The first kappa shape index (κ1) is 18.3. The van der Waals surface area contributed by atoms with E-state index in [9.17, 15) is 9.59 Å². The minimum atomic E-state index is -0.615. The van der Waals surface area contributed by atoms with E-state index in [-0.39, 0.29) is 17.9 Å². The Bertz CT molecular complexity index is 1030. The molecule has 1 aliphatic rings. The summed E-state index contributed by atoms with van der Waals surface area (Å²) in [6.07, 6.45) is 1.94. The number of methoxy groups -OCH3 is 1. The van der Waals surface area contributed by atoms with Crippen LogP contribution in [0.25, 0.3) is 10.9 Å². The van der Waals surface area contributed by atoms with Gasteiger partial charge in [-0.3, -0.25) is 9.59 Å². The molecule has 0 radical (unpaired) electrons. The normalized spacial score (nSPS) is 17.0. The van der Waals surface area contributed by atoms with Gasteiger partial charge >= 0.3 is 0 Å². The maximum Gasteiger partial charge on any atom is 0.255 e. The first-order valence-corrected chi connectivity index (χ1v) is 9.37. The summed E-state index contributed by atoms with van der Waals surface area (Å²) >= 11 is 0.